The SMILES string of the molecule is CC1CCCC(=O)N1c1cccc(N)c1. The van der Waals surface area contributed by atoms with Gasteiger partial charge in [0.2, 0.25) is 5.91 Å². The molecule has 1 amide bonds. The van der Waals surface area contributed by atoms with E-state index in [1.165, 1.54) is 0 Å². The molecule has 1 aromatic carbocycles. The van der Waals surface area contributed by atoms with Crippen LogP contribution in [0.15, 0.2) is 24.3 Å². The summed E-state index contributed by atoms with van der Waals surface area (Å²) < 4.78 is 0. The summed E-state index contributed by atoms with van der Waals surface area (Å²) >= 11 is 0. The zero-order valence-electron chi connectivity index (χ0n) is 8.94. The number of nitrogen functional groups attached to an aromatic ring is 1. The van der Waals surface area contributed by atoms with Crippen LogP contribution >= 0.6 is 0 Å². The molecule has 1 aliphatic rings. The fraction of sp³-hybridized carbons (Fsp3) is 0.417. The molecule has 2 rings (SSSR count). The van der Waals surface area contributed by atoms with Crippen LogP contribution in [0.1, 0.15) is 26.2 Å². The Hall–Kier alpha value is -1.51. The maximum absolute atomic E-state index is 11.8. The van der Waals surface area contributed by atoms with Crippen LogP contribution < -0.4 is 10.6 Å². The molecule has 0 spiro atoms. The maximum atomic E-state index is 11.8. The van der Waals surface area contributed by atoms with Crippen LogP contribution in [0.25, 0.3) is 0 Å². The second-order valence-corrected chi connectivity index (χ2v) is 4.10. The lowest BCUT2D eigenvalue weighted by Crippen LogP contribution is -2.42. The van der Waals surface area contributed by atoms with Crippen LogP contribution in [-0.4, -0.2) is 11.9 Å². The van der Waals surface area contributed by atoms with Crippen LogP contribution in [0, 0.1) is 0 Å². The van der Waals surface area contributed by atoms with Crippen LogP contribution in [0.3, 0.4) is 0 Å². The Kier molecular flexibility index (Phi) is 2.62. The van der Waals surface area contributed by atoms with E-state index in [4.69, 9.17) is 5.73 Å². The van der Waals surface area contributed by atoms with Crippen molar-refractivity contribution in [2.45, 2.75) is 32.2 Å². The van der Waals surface area contributed by atoms with E-state index in [1.54, 1.807) is 0 Å². The summed E-state index contributed by atoms with van der Waals surface area (Å²) in [6, 6.07) is 7.81. The molecule has 0 aliphatic carbocycles. The van der Waals surface area contributed by atoms with Crippen molar-refractivity contribution in [2.24, 2.45) is 0 Å². The first kappa shape index (κ1) is 10.0. The monoisotopic (exact) mass is 204 g/mol. The van der Waals surface area contributed by atoms with Gasteiger partial charge in [0.15, 0.2) is 0 Å². The Bertz CT molecular complexity index is 376. The number of benzene rings is 1. The molecule has 3 heteroatoms. The number of amides is 1. The topological polar surface area (TPSA) is 46.3 Å². The lowest BCUT2D eigenvalue weighted by molar-refractivity contribution is -0.120. The lowest BCUT2D eigenvalue weighted by atomic mass is 10.0. The number of carbonyl (C=O) groups is 1. The van der Waals surface area contributed by atoms with Gasteiger partial charge in [0.05, 0.1) is 0 Å². The highest BCUT2D eigenvalue weighted by Crippen LogP contribution is 2.26. The van der Waals surface area contributed by atoms with E-state index in [2.05, 4.69) is 6.92 Å². The number of anilines is 2. The molecule has 15 heavy (non-hydrogen) atoms. The summed E-state index contributed by atoms with van der Waals surface area (Å²) in [6.07, 6.45) is 2.72. The predicted octanol–water partition coefficient (Wildman–Crippen LogP) is 2.17. The highest BCUT2D eigenvalue weighted by atomic mass is 16.2. The smallest absolute Gasteiger partial charge is 0.227 e. The van der Waals surface area contributed by atoms with Crippen molar-refractivity contribution in [2.75, 3.05) is 10.6 Å². The number of nitrogens with two attached hydrogens (primary N) is 1. The maximum Gasteiger partial charge on any atom is 0.227 e. The third-order valence-corrected chi connectivity index (χ3v) is 2.87. The zero-order valence-corrected chi connectivity index (χ0v) is 8.94. The number of carbonyl (C=O) groups excluding carboxylic acids is 1. The molecule has 0 radical (unpaired) electrons. The Morgan fingerprint density at radius 2 is 2.27 bits per heavy atom. The van der Waals surface area contributed by atoms with Gasteiger partial charge in [-0.3, -0.25) is 4.79 Å². The number of hydrogen-bond acceptors (Lipinski definition) is 2. The molecule has 1 aromatic rings. The third-order valence-electron chi connectivity index (χ3n) is 2.87. The summed E-state index contributed by atoms with van der Waals surface area (Å²) in [5.74, 6) is 0.208. The minimum absolute atomic E-state index is 0.208. The normalized spacial score (nSPS) is 21.8. The van der Waals surface area contributed by atoms with Gasteiger partial charge in [-0.25, -0.2) is 0 Å². The van der Waals surface area contributed by atoms with E-state index < -0.39 is 0 Å². The van der Waals surface area contributed by atoms with Crippen molar-refractivity contribution in [3.8, 4) is 0 Å². The van der Waals surface area contributed by atoms with Crippen molar-refractivity contribution >= 4 is 17.3 Å². The number of piperidine rings is 1. The molecular formula is C12H16N2O. The summed E-state index contributed by atoms with van der Waals surface area (Å²) in [6.45, 7) is 2.08. The van der Waals surface area contributed by atoms with E-state index >= 15 is 0 Å². The third kappa shape index (κ3) is 1.96. The number of nitrogens with zero attached hydrogens (tertiary/aromatic N) is 1. The summed E-state index contributed by atoms with van der Waals surface area (Å²) in [7, 11) is 0. The summed E-state index contributed by atoms with van der Waals surface area (Å²) in [4.78, 5) is 13.7. The van der Waals surface area contributed by atoms with Crippen LogP contribution in [0.5, 0.6) is 0 Å². The molecule has 1 heterocycles. The highest BCUT2D eigenvalue weighted by Gasteiger charge is 2.25. The molecule has 1 saturated heterocycles. The van der Waals surface area contributed by atoms with Crippen molar-refractivity contribution in [3.05, 3.63) is 24.3 Å². The van der Waals surface area contributed by atoms with Crippen molar-refractivity contribution in [1.82, 2.24) is 0 Å². The molecule has 80 valence electrons. The predicted molar refractivity (Wildman–Crippen MR) is 61.7 cm³/mol. The zero-order chi connectivity index (χ0) is 10.8. The first-order valence-electron chi connectivity index (χ1n) is 5.36. The van der Waals surface area contributed by atoms with Crippen molar-refractivity contribution in [3.63, 3.8) is 0 Å². The second-order valence-electron chi connectivity index (χ2n) is 4.10. The average molecular weight is 204 g/mol. The Balaban J connectivity index is 2.31. The van der Waals surface area contributed by atoms with Gasteiger partial charge in [-0.2, -0.15) is 0 Å². The molecule has 0 saturated carbocycles. The van der Waals surface area contributed by atoms with Gasteiger partial charge < -0.3 is 10.6 Å². The lowest BCUT2D eigenvalue weighted by Gasteiger charge is -2.33. The molecule has 1 fully saturated rings. The Labute approximate surface area is 89.9 Å². The van der Waals surface area contributed by atoms with Crippen molar-refractivity contribution in [1.29, 1.82) is 0 Å². The van der Waals surface area contributed by atoms with Crippen molar-refractivity contribution < 1.29 is 4.79 Å². The van der Waals surface area contributed by atoms with Gasteiger partial charge in [-0.15, -0.1) is 0 Å². The minimum atomic E-state index is 0.208. The van der Waals surface area contributed by atoms with Gasteiger partial charge >= 0.3 is 0 Å². The van der Waals surface area contributed by atoms with Gasteiger partial charge in [-0.05, 0) is 38.0 Å². The fourth-order valence-corrected chi connectivity index (χ4v) is 2.12. The molecule has 1 aliphatic heterocycles. The molecule has 0 bridgehead atoms. The second kappa shape index (κ2) is 3.93. The van der Waals surface area contributed by atoms with E-state index in [0.29, 0.717) is 12.1 Å². The Morgan fingerprint density at radius 1 is 1.47 bits per heavy atom. The fourth-order valence-electron chi connectivity index (χ4n) is 2.12. The Morgan fingerprint density at radius 3 is 2.93 bits per heavy atom. The molecule has 2 N–H and O–H groups in total. The molecule has 3 nitrogen and oxygen atoms in total. The number of hydrogen-bond donors (Lipinski definition) is 1. The first-order chi connectivity index (χ1) is 7.18. The van der Waals surface area contributed by atoms with E-state index in [-0.39, 0.29) is 11.9 Å². The molecule has 0 aromatic heterocycles. The van der Waals surface area contributed by atoms with Crippen LogP contribution in [0.2, 0.25) is 0 Å². The standard InChI is InChI=1S/C12H16N2O/c1-9-4-2-7-12(15)14(9)11-6-3-5-10(13)8-11/h3,5-6,8-9H,2,4,7,13H2,1H3. The average Bonchev–Trinajstić information content (AvgIpc) is 2.17. The van der Waals surface area contributed by atoms with Gasteiger partial charge in [0, 0.05) is 23.8 Å². The van der Waals surface area contributed by atoms with Crippen LogP contribution in [0.4, 0.5) is 11.4 Å². The van der Waals surface area contributed by atoms with E-state index in [0.717, 1.165) is 18.5 Å². The highest BCUT2D eigenvalue weighted by molar-refractivity contribution is 5.95. The van der Waals surface area contributed by atoms with Gasteiger partial charge in [-0.1, -0.05) is 6.07 Å². The summed E-state index contributed by atoms with van der Waals surface area (Å²) in [5.41, 5.74) is 7.35. The number of rotatable bonds is 1. The van der Waals surface area contributed by atoms with E-state index in [1.807, 2.05) is 29.2 Å². The van der Waals surface area contributed by atoms with Crippen LogP contribution in [-0.2, 0) is 4.79 Å². The van der Waals surface area contributed by atoms with Gasteiger partial charge in [0.1, 0.15) is 0 Å². The van der Waals surface area contributed by atoms with Gasteiger partial charge in [0.25, 0.3) is 0 Å². The quantitative estimate of drug-likeness (QED) is 0.713. The molecule has 1 atom stereocenters. The summed E-state index contributed by atoms with van der Waals surface area (Å²) in [5, 5.41) is 0. The van der Waals surface area contributed by atoms with E-state index in [9.17, 15) is 4.79 Å². The first-order valence-corrected chi connectivity index (χ1v) is 5.36. The molecule has 1 unspecified atom stereocenters. The largest absolute Gasteiger partial charge is 0.399 e. The minimum Gasteiger partial charge on any atom is -0.399 e. The molecular weight excluding hydrogens is 188 g/mol.